The van der Waals surface area contributed by atoms with E-state index in [9.17, 15) is 0 Å². The van der Waals surface area contributed by atoms with Crippen LogP contribution in [0.1, 0.15) is 43.5 Å². The number of aromatic nitrogens is 1. The molecule has 0 spiro atoms. The monoisotopic (exact) mass is 370 g/mol. The number of rotatable bonds is 14. The SMILES string of the molecule is CCCCOCCOCCN=C(NCC)NCCc1ncc(CC)s1. The molecule has 0 atom stereocenters. The predicted octanol–water partition coefficient (Wildman–Crippen LogP) is 2.64. The van der Waals surface area contributed by atoms with E-state index in [2.05, 4.69) is 41.4 Å². The van der Waals surface area contributed by atoms with Crippen LogP contribution in [0, 0.1) is 0 Å². The Balaban J connectivity index is 2.13. The summed E-state index contributed by atoms with van der Waals surface area (Å²) < 4.78 is 11.0. The molecule has 6 nitrogen and oxygen atoms in total. The summed E-state index contributed by atoms with van der Waals surface area (Å²) in [6, 6.07) is 0. The van der Waals surface area contributed by atoms with Crippen LogP contribution in [0.3, 0.4) is 0 Å². The number of nitrogens with zero attached hydrogens (tertiary/aromatic N) is 2. The van der Waals surface area contributed by atoms with Crippen LogP contribution >= 0.6 is 11.3 Å². The fourth-order valence-corrected chi connectivity index (χ4v) is 2.91. The molecule has 25 heavy (non-hydrogen) atoms. The zero-order valence-electron chi connectivity index (χ0n) is 16.0. The molecule has 1 heterocycles. The van der Waals surface area contributed by atoms with Gasteiger partial charge >= 0.3 is 0 Å². The lowest BCUT2D eigenvalue weighted by molar-refractivity contribution is 0.0497. The molecule has 1 aromatic rings. The summed E-state index contributed by atoms with van der Waals surface area (Å²) in [6.07, 6.45) is 6.23. The zero-order valence-corrected chi connectivity index (χ0v) is 16.8. The Bertz CT molecular complexity index is 466. The fourth-order valence-electron chi connectivity index (χ4n) is 2.05. The first-order valence-electron chi connectivity index (χ1n) is 9.41. The minimum Gasteiger partial charge on any atom is -0.379 e. The third-order valence-electron chi connectivity index (χ3n) is 3.45. The molecule has 0 aliphatic heterocycles. The summed E-state index contributed by atoms with van der Waals surface area (Å²) in [6.45, 7) is 11.4. The normalized spacial score (nSPS) is 11.7. The van der Waals surface area contributed by atoms with E-state index < -0.39 is 0 Å². The van der Waals surface area contributed by atoms with Crippen molar-refractivity contribution in [3.05, 3.63) is 16.1 Å². The molecule has 0 saturated carbocycles. The van der Waals surface area contributed by atoms with Gasteiger partial charge in [0.1, 0.15) is 0 Å². The van der Waals surface area contributed by atoms with Crippen molar-refractivity contribution in [2.24, 2.45) is 4.99 Å². The molecule has 144 valence electrons. The van der Waals surface area contributed by atoms with Crippen LogP contribution in [-0.2, 0) is 22.3 Å². The van der Waals surface area contributed by atoms with Crippen molar-refractivity contribution < 1.29 is 9.47 Å². The quantitative estimate of drug-likeness (QED) is 0.299. The van der Waals surface area contributed by atoms with Crippen molar-refractivity contribution in [1.29, 1.82) is 0 Å². The van der Waals surface area contributed by atoms with E-state index in [1.165, 1.54) is 9.88 Å². The first kappa shape index (κ1) is 21.9. The number of thiazole rings is 1. The van der Waals surface area contributed by atoms with Crippen LogP contribution in [0.5, 0.6) is 0 Å². The highest BCUT2D eigenvalue weighted by Crippen LogP contribution is 2.13. The van der Waals surface area contributed by atoms with Crippen molar-refractivity contribution >= 4 is 17.3 Å². The molecule has 0 aliphatic carbocycles. The topological polar surface area (TPSA) is 67.8 Å². The van der Waals surface area contributed by atoms with E-state index in [-0.39, 0.29) is 0 Å². The molecule has 0 amide bonds. The zero-order chi connectivity index (χ0) is 18.2. The van der Waals surface area contributed by atoms with Crippen molar-refractivity contribution in [3.63, 3.8) is 0 Å². The molecule has 0 bridgehead atoms. The maximum Gasteiger partial charge on any atom is 0.191 e. The van der Waals surface area contributed by atoms with Gasteiger partial charge in [-0.25, -0.2) is 4.98 Å². The minimum atomic E-state index is 0.611. The molecule has 1 rings (SSSR count). The van der Waals surface area contributed by atoms with Gasteiger partial charge in [-0.15, -0.1) is 11.3 Å². The van der Waals surface area contributed by atoms with Crippen LogP contribution in [-0.4, -0.2) is 57.0 Å². The molecule has 0 aliphatic rings. The molecular formula is C18H34N4O2S. The second kappa shape index (κ2) is 15.1. The van der Waals surface area contributed by atoms with Gasteiger partial charge < -0.3 is 20.1 Å². The van der Waals surface area contributed by atoms with Gasteiger partial charge in [-0.2, -0.15) is 0 Å². The van der Waals surface area contributed by atoms with E-state index in [0.717, 1.165) is 51.3 Å². The summed E-state index contributed by atoms with van der Waals surface area (Å²) >= 11 is 1.79. The predicted molar refractivity (Wildman–Crippen MR) is 106 cm³/mol. The maximum atomic E-state index is 5.54. The third kappa shape index (κ3) is 11.1. The third-order valence-corrected chi connectivity index (χ3v) is 4.65. The minimum absolute atomic E-state index is 0.611. The highest BCUT2D eigenvalue weighted by atomic mass is 32.1. The van der Waals surface area contributed by atoms with Gasteiger partial charge in [0.25, 0.3) is 0 Å². The van der Waals surface area contributed by atoms with Crippen molar-refractivity contribution in [2.45, 2.75) is 46.5 Å². The fraction of sp³-hybridized carbons (Fsp3) is 0.778. The first-order chi connectivity index (χ1) is 12.3. The average molecular weight is 371 g/mol. The average Bonchev–Trinajstić information content (AvgIpc) is 3.08. The highest BCUT2D eigenvalue weighted by Gasteiger charge is 2.02. The molecule has 2 N–H and O–H groups in total. The number of unbranched alkanes of at least 4 members (excludes halogenated alkanes) is 1. The van der Waals surface area contributed by atoms with Gasteiger partial charge in [-0.1, -0.05) is 20.3 Å². The molecule has 0 radical (unpaired) electrons. The number of aliphatic imine (C=N–C) groups is 1. The van der Waals surface area contributed by atoms with Crippen molar-refractivity contribution in [2.75, 3.05) is 46.1 Å². The van der Waals surface area contributed by atoms with Crippen LogP contribution in [0.4, 0.5) is 0 Å². The first-order valence-corrected chi connectivity index (χ1v) is 10.2. The van der Waals surface area contributed by atoms with E-state index in [0.29, 0.717) is 26.4 Å². The number of hydrogen-bond acceptors (Lipinski definition) is 5. The van der Waals surface area contributed by atoms with Gasteiger partial charge in [-0.3, -0.25) is 4.99 Å². The molecule has 0 saturated heterocycles. The molecule has 0 fully saturated rings. The van der Waals surface area contributed by atoms with Crippen LogP contribution in [0.2, 0.25) is 0 Å². The maximum absolute atomic E-state index is 5.54. The molecule has 1 aromatic heterocycles. The lowest BCUT2D eigenvalue weighted by Crippen LogP contribution is -2.38. The summed E-state index contributed by atoms with van der Waals surface area (Å²) in [5, 5.41) is 7.77. The summed E-state index contributed by atoms with van der Waals surface area (Å²) in [5.41, 5.74) is 0. The Hall–Kier alpha value is -1.18. The molecule has 7 heteroatoms. The van der Waals surface area contributed by atoms with E-state index in [1.54, 1.807) is 11.3 Å². The van der Waals surface area contributed by atoms with E-state index >= 15 is 0 Å². The summed E-state index contributed by atoms with van der Waals surface area (Å²) in [4.78, 5) is 10.3. The second-order valence-corrected chi connectivity index (χ2v) is 6.79. The van der Waals surface area contributed by atoms with Crippen molar-refractivity contribution in [3.8, 4) is 0 Å². The van der Waals surface area contributed by atoms with Gasteiger partial charge in [0.15, 0.2) is 5.96 Å². The lowest BCUT2D eigenvalue weighted by atomic mass is 10.4. The second-order valence-electron chi connectivity index (χ2n) is 5.59. The van der Waals surface area contributed by atoms with Crippen LogP contribution < -0.4 is 10.6 Å². The lowest BCUT2D eigenvalue weighted by Gasteiger charge is -2.10. The van der Waals surface area contributed by atoms with Gasteiger partial charge in [0.2, 0.25) is 0 Å². The van der Waals surface area contributed by atoms with E-state index in [4.69, 9.17) is 9.47 Å². The van der Waals surface area contributed by atoms with Crippen LogP contribution in [0.15, 0.2) is 11.2 Å². The Morgan fingerprint density at radius 1 is 1.12 bits per heavy atom. The van der Waals surface area contributed by atoms with Gasteiger partial charge in [-0.05, 0) is 19.8 Å². The highest BCUT2D eigenvalue weighted by molar-refractivity contribution is 7.11. The summed E-state index contributed by atoms with van der Waals surface area (Å²) in [7, 11) is 0. The van der Waals surface area contributed by atoms with Gasteiger partial charge in [0, 0.05) is 37.2 Å². The standard InChI is InChI=1S/C18H34N4O2S/c1-4-7-11-23-13-14-24-12-10-21-18(19-6-3)20-9-8-17-22-15-16(5-2)25-17/h15H,4-14H2,1-3H3,(H2,19,20,21). The van der Waals surface area contributed by atoms with Crippen LogP contribution in [0.25, 0.3) is 0 Å². The Kier molecular flexibility index (Phi) is 13.2. The summed E-state index contributed by atoms with van der Waals surface area (Å²) in [5.74, 6) is 0.831. The smallest absolute Gasteiger partial charge is 0.191 e. The van der Waals surface area contributed by atoms with Gasteiger partial charge in [0.05, 0.1) is 31.4 Å². The molecule has 0 unspecified atom stereocenters. The van der Waals surface area contributed by atoms with E-state index in [1.807, 2.05) is 6.20 Å². The number of hydrogen-bond donors (Lipinski definition) is 2. The number of nitrogens with one attached hydrogen (secondary N) is 2. The van der Waals surface area contributed by atoms with Crippen molar-refractivity contribution in [1.82, 2.24) is 15.6 Å². The Labute approximate surface area is 156 Å². The largest absolute Gasteiger partial charge is 0.379 e. The number of guanidine groups is 1. The Morgan fingerprint density at radius 2 is 1.92 bits per heavy atom. The molecular weight excluding hydrogens is 336 g/mol. The number of aryl methyl sites for hydroxylation is 1. The Morgan fingerprint density at radius 3 is 2.60 bits per heavy atom. The molecule has 0 aromatic carbocycles. The number of ether oxygens (including phenoxy) is 2.